The quantitative estimate of drug-likeness (QED) is 0.557. The summed E-state index contributed by atoms with van der Waals surface area (Å²) in [7, 11) is 3.15. The second-order valence-corrected chi connectivity index (χ2v) is 6.49. The van der Waals surface area contributed by atoms with E-state index in [1.54, 1.807) is 49.5 Å². The number of hydrogen-bond acceptors (Lipinski definition) is 5. The van der Waals surface area contributed by atoms with Crippen LogP contribution < -0.4 is 9.47 Å². The molecule has 0 spiro atoms. The molecule has 0 unspecified atom stereocenters. The van der Waals surface area contributed by atoms with Crippen molar-refractivity contribution in [2.24, 2.45) is 0 Å². The summed E-state index contributed by atoms with van der Waals surface area (Å²) in [5, 5.41) is 4.10. The molecular formula is C22H23FN2O4. The standard InChI is InChI=1S/C22H23FN2O4/c1-4-10-25(22(26)15-6-5-7-16(23)11-15)14-17-12-21(29-24-17)19-13-18(27-2)8-9-20(19)28-3/h5-9,11-13H,4,10,14H2,1-3H3. The molecule has 6 nitrogen and oxygen atoms in total. The Morgan fingerprint density at radius 3 is 2.66 bits per heavy atom. The molecule has 0 saturated heterocycles. The lowest BCUT2D eigenvalue weighted by Gasteiger charge is -2.21. The van der Waals surface area contributed by atoms with Gasteiger partial charge in [-0.15, -0.1) is 0 Å². The fourth-order valence-electron chi connectivity index (χ4n) is 3.04. The maximum Gasteiger partial charge on any atom is 0.254 e. The van der Waals surface area contributed by atoms with Gasteiger partial charge in [-0.25, -0.2) is 4.39 Å². The summed E-state index contributed by atoms with van der Waals surface area (Å²) in [6.07, 6.45) is 0.759. The summed E-state index contributed by atoms with van der Waals surface area (Å²) >= 11 is 0. The molecule has 0 bridgehead atoms. The first kappa shape index (κ1) is 20.4. The second kappa shape index (κ2) is 9.23. The lowest BCUT2D eigenvalue weighted by molar-refractivity contribution is 0.0739. The third-order valence-corrected chi connectivity index (χ3v) is 4.44. The Balaban J connectivity index is 1.84. The molecule has 3 aromatic rings. The smallest absolute Gasteiger partial charge is 0.254 e. The molecule has 1 heterocycles. The van der Waals surface area contributed by atoms with E-state index in [0.29, 0.717) is 40.6 Å². The summed E-state index contributed by atoms with van der Waals surface area (Å²) in [4.78, 5) is 14.4. The van der Waals surface area contributed by atoms with E-state index in [-0.39, 0.29) is 12.5 Å². The molecule has 0 aliphatic carbocycles. The fraction of sp³-hybridized carbons (Fsp3) is 0.273. The molecule has 0 N–H and O–H groups in total. The molecule has 0 aliphatic rings. The molecule has 0 atom stereocenters. The molecule has 0 radical (unpaired) electrons. The van der Waals surface area contributed by atoms with Gasteiger partial charge in [-0.2, -0.15) is 0 Å². The van der Waals surface area contributed by atoms with Crippen LogP contribution in [0.3, 0.4) is 0 Å². The highest BCUT2D eigenvalue weighted by Crippen LogP contribution is 2.34. The van der Waals surface area contributed by atoms with E-state index in [4.69, 9.17) is 14.0 Å². The highest BCUT2D eigenvalue weighted by molar-refractivity contribution is 5.94. The first-order valence-electron chi connectivity index (χ1n) is 9.28. The summed E-state index contributed by atoms with van der Waals surface area (Å²) in [5.74, 6) is 1.09. The van der Waals surface area contributed by atoms with Gasteiger partial charge in [0.2, 0.25) is 0 Å². The molecule has 0 aliphatic heterocycles. The molecule has 1 aromatic heterocycles. The van der Waals surface area contributed by atoms with E-state index in [0.717, 1.165) is 6.42 Å². The van der Waals surface area contributed by atoms with Crippen LogP contribution in [0.15, 0.2) is 53.1 Å². The summed E-state index contributed by atoms with van der Waals surface area (Å²) in [6, 6.07) is 12.8. The molecule has 1 amide bonds. The number of carbonyl (C=O) groups is 1. The number of carbonyl (C=O) groups excluding carboxylic acids is 1. The number of methoxy groups -OCH3 is 2. The van der Waals surface area contributed by atoms with Gasteiger partial charge in [0.1, 0.15) is 23.0 Å². The number of aromatic nitrogens is 1. The Kier molecular flexibility index (Phi) is 6.49. The van der Waals surface area contributed by atoms with Gasteiger partial charge in [0, 0.05) is 18.2 Å². The SMILES string of the molecule is CCCN(Cc1cc(-c2cc(OC)ccc2OC)on1)C(=O)c1cccc(F)c1. The number of benzene rings is 2. The van der Waals surface area contributed by atoms with E-state index >= 15 is 0 Å². The van der Waals surface area contributed by atoms with Crippen molar-refractivity contribution < 1.29 is 23.2 Å². The fourth-order valence-corrected chi connectivity index (χ4v) is 3.04. The average Bonchev–Trinajstić information content (AvgIpc) is 3.20. The first-order valence-corrected chi connectivity index (χ1v) is 9.28. The number of rotatable bonds is 8. The third kappa shape index (κ3) is 4.74. The van der Waals surface area contributed by atoms with Gasteiger partial charge in [0.25, 0.3) is 5.91 Å². The summed E-state index contributed by atoms with van der Waals surface area (Å²) in [5.41, 5.74) is 1.59. The number of halogens is 1. The molecule has 7 heteroatoms. The van der Waals surface area contributed by atoms with Crippen LogP contribution in [0.5, 0.6) is 11.5 Å². The lowest BCUT2D eigenvalue weighted by atomic mass is 10.1. The molecule has 2 aromatic carbocycles. The normalized spacial score (nSPS) is 10.6. The largest absolute Gasteiger partial charge is 0.497 e. The van der Waals surface area contributed by atoms with Gasteiger partial charge in [-0.05, 0) is 42.8 Å². The zero-order valence-corrected chi connectivity index (χ0v) is 16.6. The van der Waals surface area contributed by atoms with E-state index in [9.17, 15) is 9.18 Å². The highest BCUT2D eigenvalue weighted by atomic mass is 19.1. The van der Waals surface area contributed by atoms with Crippen molar-refractivity contribution in [2.75, 3.05) is 20.8 Å². The Morgan fingerprint density at radius 2 is 1.97 bits per heavy atom. The topological polar surface area (TPSA) is 64.8 Å². The van der Waals surface area contributed by atoms with Crippen molar-refractivity contribution in [3.8, 4) is 22.8 Å². The zero-order chi connectivity index (χ0) is 20.8. The van der Waals surface area contributed by atoms with Crippen molar-refractivity contribution in [3.05, 3.63) is 65.6 Å². The molecule has 0 saturated carbocycles. The minimum absolute atomic E-state index is 0.249. The molecule has 3 rings (SSSR count). The average molecular weight is 398 g/mol. The van der Waals surface area contributed by atoms with E-state index < -0.39 is 5.82 Å². The minimum atomic E-state index is -0.443. The number of amides is 1. The molecule has 29 heavy (non-hydrogen) atoms. The van der Waals surface area contributed by atoms with Crippen molar-refractivity contribution in [1.29, 1.82) is 0 Å². The Morgan fingerprint density at radius 1 is 1.14 bits per heavy atom. The van der Waals surface area contributed by atoms with Crippen LogP contribution in [0.4, 0.5) is 4.39 Å². The second-order valence-electron chi connectivity index (χ2n) is 6.49. The van der Waals surface area contributed by atoms with Crippen LogP contribution in [0.2, 0.25) is 0 Å². The first-order chi connectivity index (χ1) is 14.0. The maximum atomic E-state index is 13.5. The molecule has 0 fully saturated rings. The van der Waals surface area contributed by atoms with Gasteiger partial charge >= 0.3 is 0 Å². The predicted molar refractivity (Wildman–Crippen MR) is 106 cm³/mol. The molecular weight excluding hydrogens is 375 g/mol. The maximum absolute atomic E-state index is 13.5. The summed E-state index contributed by atoms with van der Waals surface area (Å²) < 4.78 is 29.7. The highest BCUT2D eigenvalue weighted by Gasteiger charge is 2.19. The monoisotopic (exact) mass is 398 g/mol. The molecule has 152 valence electrons. The van der Waals surface area contributed by atoms with Crippen LogP contribution in [0.1, 0.15) is 29.4 Å². The van der Waals surface area contributed by atoms with Crippen molar-refractivity contribution in [2.45, 2.75) is 19.9 Å². The summed E-state index contributed by atoms with van der Waals surface area (Å²) in [6.45, 7) is 2.74. The lowest BCUT2D eigenvalue weighted by Crippen LogP contribution is -2.31. The third-order valence-electron chi connectivity index (χ3n) is 4.44. The van der Waals surface area contributed by atoms with Gasteiger partial charge in [-0.1, -0.05) is 18.1 Å². The minimum Gasteiger partial charge on any atom is -0.497 e. The van der Waals surface area contributed by atoms with Crippen molar-refractivity contribution >= 4 is 5.91 Å². The van der Waals surface area contributed by atoms with Crippen LogP contribution >= 0.6 is 0 Å². The number of ether oxygens (including phenoxy) is 2. The van der Waals surface area contributed by atoms with Crippen LogP contribution in [-0.4, -0.2) is 36.7 Å². The van der Waals surface area contributed by atoms with Crippen molar-refractivity contribution in [3.63, 3.8) is 0 Å². The number of hydrogen-bond donors (Lipinski definition) is 0. The van der Waals surface area contributed by atoms with E-state index in [1.165, 1.54) is 18.2 Å². The van der Waals surface area contributed by atoms with Gasteiger partial charge < -0.3 is 18.9 Å². The van der Waals surface area contributed by atoms with Gasteiger partial charge in [0.15, 0.2) is 5.76 Å². The van der Waals surface area contributed by atoms with Gasteiger partial charge in [0.05, 0.1) is 26.3 Å². The zero-order valence-electron chi connectivity index (χ0n) is 16.6. The van der Waals surface area contributed by atoms with Crippen molar-refractivity contribution in [1.82, 2.24) is 10.1 Å². The Bertz CT molecular complexity index is 986. The van der Waals surface area contributed by atoms with Gasteiger partial charge in [-0.3, -0.25) is 4.79 Å². The number of nitrogens with zero attached hydrogens (tertiary/aromatic N) is 2. The van der Waals surface area contributed by atoms with Crippen LogP contribution in [-0.2, 0) is 6.54 Å². The Labute approximate surface area is 168 Å². The Hall–Kier alpha value is -3.35. The van der Waals surface area contributed by atoms with E-state index in [1.807, 2.05) is 6.92 Å². The van der Waals surface area contributed by atoms with Crippen LogP contribution in [0, 0.1) is 5.82 Å². The van der Waals surface area contributed by atoms with Crippen LogP contribution in [0.25, 0.3) is 11.3 Å². The predicted octanol–water partition coefficient (Wildman–Crippen LogP) is 4.55. The van der Waals surface area contributed by atoms with E-state index in [2.05, 4.69) is 5.16 Å².